The lowest BCUT2D eigenvalue weighted by atomic mass is 10.1. The number of hydrogen-bond acceptors (Lipinski definition) is 4. The highest BCUT2D eigenvalue weighted by atomic mass is 32.1. The van der Waals surface area contributed by atoms with E-state index in [1.54, 1.807) is 32.2 Å². The van der Waals surface area contributed by atoms with Crippen molar-refractivity contribution in [3.63, 3.8) is 0 Å². The van der Waals surface area contributed by atoms with Gasteiger partial charge in [-0.1, -0.05) is 19.1 Å². The number of carbonyl (C=O) groups is 1. The van der Waals surface area contributed by atoms with Crippen molar-refractivity contribution in [1.29, 1.82) is 0 Å². The molecule has 0 aromatic heterocycles. The molecule has 0 saturated carbocycles. The molecule has 0 heterocycles. The van der Waals surface area contributed by atoms with Crippen molar-refractivity contribution >= 4 is 28.8 Å². The van der Waals surface area contributed by atoms with Crippen LogP contribution in [0.4, 0.5) is 5.69 Å². The molecule has 1 rings (SSSR count). The van der Waals surface area contributed by atoms with E-state index in [0.717, 1.165) is 6.42 Å². The Morgan fingerprint density at radius 1 is 1.50 bits per heavy atom. The minimum absolute atomic E-state index is 0.0661. The highest BCUT2D eigenvalue weighted by Crippen LogP contribution is 2.23. The molecule has 0 fully saturated rings. The van der Waals surface area contributed by atoms with Gasteiger partial charge in [0.15, 0.2) is 0 Å². The maximum Gasteiger partial charge on any atom is 0.242 e. The van der Waals surface area contributed by atoms with E-state index in [4.69, 9.17) is 22.7 Å². The standard InChI is InChI=1S/C14H21N3O2S/c1-4-7-16-14(18)9(2)17-12-8-10(19-3)5-6-11(12)13(15)20/h5-6,8-9,17H,4,7H2,1-3H3,(H2,15,20)(H,16,18). The van der Waals surface area contributed by atoms with Crippen molar-refractivity contribution < 1.29 is 9.53 Å². The third-order valence-electron chi connectivity index (χ3n) is 2.81. The Hall–Kier alpha value is -1.82. The quantitative estimate of drug-likeness (QED) is 0.667. The van der Waals surface area contributed by atoms with E-state index in [0.29, 0.717) is 23.5 Å². The van der Waals surface area contributed by atoms with Crippen LogP contribution < -0.4 is 21.1 Å². The van der Waals surface area contributed by atoms with E-state index in [-0.39, 0.29) is 16.9 Å². The van der Waals surface area contributed by atoms with Gasteiger partial charge in [-0.05, 0) is 25.5 Å². The fourth-order valence-electron chi connectivity index (χ4n) is 1.68. The summed E-state index contributed by atoms with van der Waals surface area (Å²) in [6, 6.07) is 4.95. The summed E-state index contributed by atoms with van der Waals surface area (Å²) in [6.07, 6.45) is 0.899. The fraction of sp³-hybridized carbons (Fsp3) is 0.429. The lowest BCUT2D eigenvalue weighted by Crippen LogP contribution is -2.38. The molecule has 110 valence electrons. The number of methoxy groups -OCH3 is 1. The van der Waals surface area contributed by atoms with Gasteiger partial charge < -0.3 is 21.1 Å². The van der Waals surface area contributed by atoms with Crippen LogP contribution in [-0.4, -0.2) is 30.6 Å². The minimum Gasteiger partial charge on any atom is -0.497 e. The van der Waals surface area contributed by atoms with E-state index in [1.165, 1.54) is 0 Å². The molecule has 1 aromatic carbocycles. The van der Waals surface area contributed by atoms with Crippen molar-refractivity contribution in [1.82, 2.24) is 5.32 Å². The maximum atomic E-state index is 11.9. The van der Waals surface area contributed by atoms with Gasteiger partial charge in [0.2, 0.25) is 5.91 Å². The Balaban J connectivity index is 2.89. The van der Waals surface area contributed by atoms with Crippen LogP contribution in [0.25, 0.3) is 0 Å². The first-order valence-corrected chi connectivity index (χ1v) is 6.92. The van der Waals surface area contributed by atoms with Gasteiger partial charge in [-0.15, -0.1) is 0 Å². The van der Waals surface area contributed by atoms with E-state index in [9.17, 15) is 4.79 Å². The average Bonchev–Trinajstić information content (AvgIpc) is 2.44. The lowest BCUT2D eigenvalue weighted by molar-refractivity contribution is -0.121. The number of nitrogens with one attached hydrogen (secondary N) is 2. The molecular formula is C14H21N3O2S. The number of anilines is 1. The van der Waals surface area contributed by atoms with Crippen molar-refractivity contribution in [2.75, 3.05) is 19.0 Å². The van der Waals surface area contributed by atoms with Gasteiger partial charge in [0, 0.05) is 23.9 Å². The fourth-order valence-corrected chi connectivity index (χ4v) is 1.86. The number of rotatable bonds is 7. The predicted molar refractivity (Wildman–Crippen MR) is 85.3 cm³/mol. The molecule has 4 N–H and O–H groups in total. The Kier molecular flexibility index (Phi) is 6.24. The summed E-state index contributed by atoms with van der Waals surface area (Å²) in [5.41, 5.74) is 7.07. The molecule has 6 heteroatoms. The first kappa shape index (κ1) is 16.2. The molecule has 5 nitrogen and oxygen atoms in total. The van der Waals surface area contributed by atoms with Gasteiger partial charge in [-0.25, -0.2) is 0 Å². The van der Waals surface area contributed by atoms with Crippen molar-refractivity contribution in [3.05, 3.63) is 23.8 Å². The summed E-state index contributed by atoms with van der Waals surface area (Å²) in [4.78, 5) is 12.1. The molecule has 0 bridgehead atoms. The van der Waals surface area contributed by atoms with Crippen LogP contribution in [0.5, 0.6) is 5.75 Å². The molecule has 0 aliphatic rings. The Morgan fingerprint density at radius 3 is 2.75 bits per heavy atom. The zero-order valence-corrected chi connectivity index (χ0v) is 12.8. The summed E-state index contributed by atoms with van der Waals surface area (Å²) >= 11 is 5.01. The van der Waals surface area contributed by atoms with Crippen LogP contribution in [0.15, 0.2) is 18.2 Å². The highest BCUT2D eigenvalue weighted by molar-refractivity contribution is 7.80. The first-order valence-electron chi connectivity index (χ1n) is 6.51. The summed E-state index contributed by atoms with van der Waals surface area (Å²) in [7, 11) is 1.58. The third-order valence-corrected chi connectivity index (χ3v) is 3.03. The molecular weight excluding hydrogens is 274 g/mol. The topological polar surface area (TPSA) is 76.4 Å². The number of carbonyl (C=O) groups excluding carboxylic acids is 1. The monoisotopic (exact) mass is 295 g/mol. The predicted octanol–water partition coefficient (Wildman–Crippen LogP) is 1.66. The molecule has 1 unspecified atom stereocenters. The SMILES string of the molecule is CCCNC(=O)C(C)Nc1cc(OC)ccc1C(N)=S. The van der Waals surface area contributed by atoms with Crippen LogP contribution >= 0.6 is 12.2 Å². The third kappa shape index (κ3) is 4.38. The lowest BCUT2D eigenvalue weighted by Gasteiger charge is -2.18. The van der Waals surface area contributed by atoms with Gasteiger partial charge in [0.05, 0.1) is 7.11 Å². The number of benzene rings is 1. The Morgan fingerprint density at radius 2 is 2.20 bits per heavy atom. The van der Waals surface area contributed by atoms with E-state index in [2.05, 4.69) is 10.6 Å². The van der Waals surface area contributed by atoms with Crippen molar-refractivity contribution in [2.45, 2.75) is 26.3 Å². The second-order valence-corrected chi connectivity index (χ2v) is 4.87. The minimum atomic E-state index is -0.387. The second-order valence-electron chi connectivity index (χ2n) is 4.43. The number of ether oxygens (including phenoxy) is 1. The van der Waals surface area contributed by atoms with E-state index >= 15 is 0 Å². The highest BCUT2D eigenvalue weighted by Gasteiger charge is 2.15. The molecule has 1 aromatic rings. The van der Waals surface area contributed by atoms with E-state index in [1.807, 2.05) is 6.92 Å². The zero-order valence-electron chi connectivity index (χ0n) is 12.0. The molecule has 0 spiro atoms. The molecule has 0 radical (unpaired) electrons. The van der Waals surface area contributed by atoms with Gasteiger partial charge >= 0.3 is 0 Å². The van der Waals surface area contributed by atoms with Crippen LogP contribution in [0.3, 0.4) is 0 Å². The van der Waals surface area contributed by atoms with Gasteiger partial charge in [0.25, 0.3) is 0 Å². The molecule has 0 aliphatic heterocycles. The average molecular weight is 295 g/mol. The van der Waals surface area contributed by atoms with Gasteiger partial charge in [0.1, 0.15) is 16.8 Å². The van der Waals surface area contributed by atoms with Crippen LogP contribution in [-0.2, 0) is 4.79 Å². The summed E-state index contributed by atoms with van der Waals surface area (Å²) in [6.45, 7) is 4.45. The van der Waals surface area contributed by atoms with Crippen LogP contribution in [0.2, 0.25) is 0 Å². The molecule has 0 saturated heterocycles. The van der Waals surface area contributed by atoms with Crippen LogP contribution in [0, 0.1) is 0 Å². The number of thiocarbonyl (C=S) groups is 1. The number of hydrogen-bond donors (Lipinski definition) is 3. The smallest absolute Gasteiger partial charge is 0.242 e. The summed E-state index contributed by atoms with van der Waals surface area (Å²) in [5, 5.41) is 5.95. The normalized spacial score (nSPS) is 11.6. The molecule has 20 heavy (non-hydrogen) atoms. The van der Waals surface area contributed by atoms with Gasteiger partial charge in [-0.3, -0.25) is 4.79 Å². The zero-order chi connectivity index (χ0) is 15.1. The number of amides is 1. The van der Waals surface area contributed by atoms with Gasteiger partial charge in [-0.2, -0.15) is 0 Å². The number of nitrogens with two attached hydrogens (primary N) is 1. The summed E-state index contributed by atoms with van der Waals surface area (Å²) < 4.78 is 5.17. The van der Waals surface area contributed by atoms with Crippen LogP contribution in [0.1, 0.15) is 25.8 Å². The molecule has 1 atom stereocenters. The molecule has 1 amide bonds. The van der Waals surface area contributed by atoms with Crippen molar-refractivity contribution in [2.24, 2.45) is 5.73 Å². The van der Waals surface area contributed by atoms with Crippen molar-refractivity contribution in [3.8, 4) is 5.75 Å². The Labute approximate surface area is 124 Å². The first-order chi connectivity index (χ1) is 9.49. The largest absolute Gasteiger partial charge is 0.497 e. The molecule has 0 aliphatic carbocycles. The Bertz CT molecular complexity index is 491. The summed E-state index contributed by atoms with van der Waals surface area (Å²) in [5.74, 6) is 0.609. The maximum absolute atomic E-state index is 11.9. The second kappa shape index (κ2) is 7.69. The van der Waals surface area contributed by atoms with E-state index < -0.39 is 0 Å².